The molecule has 9 heavy (non-hydrogen) atoms. The fraction of sp³-hybridized carbons (Fsp3) is 0.750. The van der Waals surface area contributed by atoms with Crippen molar-refractivity contribution in [2.45, 2.75) is 33.3 Å². The van der Waals surface area contributed by atoms with Crippen molar-refractivity contribution in [1.29, 1.82) is 0 Å². The zero-order valence-electron chi connectivity index (χ0n) is 6.60. The summed E-state index contributed by atoms with van der Waals surface area (Å²) in [4.78, 5) is 0. The molecular weight excluding hydrogens is 112 g/mol. The Morgan fingerprint density at radius 3 is 1.56 bits per heavy atom. The van der Waals surface area contributed by atoms with E-state index in [4.69, 9.17) is 6.58 Å². The molecule has 1 heteroatoms. The van der Waals surface area contributed by atoms with Gasteiger partial charge in [-0.25, -0.2) is 0 Å². The van der Waals surface area contributed by atoms with Crippen LogP contribution in [0.2, 0.25) is 0 Å². The number of hydrogen-bond acceptors (Lipinski definition) is 1. The zero-order chi connectivity index (χ0) is 7.71. The predicted molar refractivity (Wildman–Crippen MR) is 38.9 cm³/mol. The molecule has 0 radical (unpaired) electrons. The smallest absolute Gasteiger partial charge is 0.204 e. The summed E-state index contributed by atoms with van der Waals surface area (Å²) >= 11 is 0. The van der Waals surface area contributed by atoms with Gasteiger partial charge >= 0.3 is 0 Å². The van der Waals surface area contributed by atoms with Crippen molar-refractivity contribution in [3.8, 4) is 0 Å². The third kappa shape index (κ3) is 1.78. The molecule has 0 bridgehead atoms. The van der Waals surface area contributed by atoms with Gasteiger partial charge in [0.2, 0.25) is 6.58 Å². The Morgan fingerprint density at radius 2 is 1.56 bits per heavy atom. The van der Waals surface area contributed by atoms with E-state index in [0.29, 0.717) is 0 Å². The largest absolute Gasteiger partial charge is 0.381 e. The number of hydrogen-bond donors (Lipinski definition) is 1. The van der Waals surface area contributed by atoms with Gasteiger partial charge in [0.25, 0.3) is 0 Å². The summed E-state index contributed by atoms with van der Waals surface area (Å²) in [5.74, 6) is 0. The highest BCUT2D eigenvalue weighted by Crippen LogP contribution is 2.29. The normalized spacial score (nSPS) is 18.7. The van der Waals surface area contributed by atoms with E-state index in [1.807, 2.05) is 20.8 Å². The molecule has 1 nitrogen and oxygen atoms in total. The van der Waals surface area contributed by atoms with Crippen molar-refractivity contribution in [1.82, 2.24) is 0 Å². The van der Waals surface area contributed by atoms with Crippen LogP contribution in [-0.4, -0.2) is 10.7 Å². The van der Waals surface area contributed by atoms with Crippen LogP contribution in [0.1, 0.15) is 27.7 Å². The summed E-state index contributed by atoms with van der Waals surface area (Å²) in [6.07, 6.45) is 1.33. The van der Waals surface area contributed by atoms with E-state index >= 15 is 0 Å². The molecule has 0 heterocycles. The van der Waals surface area contributed by atoms with Crippen molar-refractivity contribution < 1.29 is 5.11 Å². The van der Waals surface area contributed by atoms with Gasteiger partial charge in [-0.2, -0.15) is 0 Å². The summed E-state index contributed by atoms with van der Waals surface area (Å²) in [7, 11) is 0. The van der Waals surface area contributed by atoms with Crippen LogP contribution in [0.3, 0.4) is 0 Å². The third-order valence-electron chi connectivity index (χ3n) is 1.84. The Kier molecular flexibility index (Phi) is 2.00. The van der Waals surface area contributed by atoms with Gasteiger partial charge in [-0.15, -0.1) is 0 Å². The number of rotatable bonds is 1. The average Bonchev–Trinajstić information content (AvgIpc) is 1.64. The van der Waals surface area contributed by atoms with Crippen molar-refractivity contribution in [2.75, 3.05) is 0 Å². The van der Waals surface area contributed by atoms with Crippen LogP contribution in [0.25, 0.3) is 0 Å². The van der Waals surface area contributed by atoms with E-state index in [-0.39, 0.29) is 5.41 Å². The van der Waals surface area contributed by atoms with Crippen LogP contribution in [0.4, 0.5) is 0 Å². The van der Waals surface area contributed by atoms with Gasteiger partial charge in [0.05, 0.1) is 0 Å². The predicted octanol–water partition coefficient (Wildman–Crippen LogP) is 1.77. The van der Waals surface area contributed by atoms with E-state index in [9.17, 15) is 5.11 Å². The first-order chi connectivity index (χ1) is 3.81. The molecule has 0 aromatic rings. The second kappa shape index (κ2) is 2.09. The maximum absolute atomic E-state index is 9.48. The van der Waals surface area contributed by atoms with Crippen LogP contribution in [0.5, 0.6) is 0 Å². The molecule has 0 saturated carbocycles. The van der Waals surface area contributed by atoms with Gasteiger partial charge in [0, 0.05) is 0 Å². The summed E-state index contributed by atoms with van der Waals surface area (Å²) in [5, 5.41) is 9.48. The topological polar surface area (TPSA) is 20.2 Å². The Labute approximate surface area is 57.4 Å². The lowest BCUT2D eigenvalue weighted by Gasteiger charge is -2.30. The molecular formula is C8H15O+. The first-order valence-corrected chi connectivity index (χ1v) is 3.10. The molecule has 0 saturated heterocycles. The molecule has 0 aliphatic heterocycles. The zero-order valence-corrected chi connectivity index (χ0v) is 6.60. The van der Waals surface area contributed by atoms with Crippen LogP contribution in [0, 0.1) is 12.0 Å². The second-order valence-electron chi connectivity index (χ2n) is 3.56. The van der Waals surface area contributed by atoms with Gasteiger partial charge in [-0.05, 0) is 12.3 Å². The van der Waals surface area contributed by atoms with E-state index in [1.165, 1.54) is 6.08 Å². The second-order valence-corrected chi connectivity index (χ2v) is 3.56. The molecule has 0 aliphatic carbocycles. The van der Waals surface area contributed by atoms with Crippen LogP contribution in [0.15, 0.2) is 6.08 Å². The third-order valence-corrected chi connectivity index (χ3v) is 1.84. The first kappa shape index (κ1) is 8.61. The lowest BCUT2D eigenvalue weighted by molar-refractivity contribution is 0.00367. The quantitative estimate of drug-likeness (QED) is 0.532. The molecule has 0 rings (SSSR count). The molecule has 0 aliphatic rings. The molecule has 0 aromatic carbocycles. The summed E-state index contributed by atoms with van der Waals surface area (Å²) in [6.45, 7) is 12.7. The fourth-order valence-electron chi connectivity index (χ4n) is 0.250. The van der Waals surface area contributed by atoms with Crippen LogP contribution < -0.4 is 0 Å². The lowest BCUT2D eigenvalue weighted by Crippen LogP contribution is -2.37. The standard InChI is InChI=1S/C8H15O/c1-6-8(5,9)7(2,3)4/h1,6,9H,2-5H3/q+1. The lowest BCUT2D eigenvalue weighted by atomic mass is 9.78. The highest BCUT2D eigenvalue weighted by molar-refractivity contribution is 4.98. The fourth-order valence-corrected chi connectivity index (χ4v) is 0.250. The summed E-state index contributed by atoms with van der Waals surface area (Å²) in [6, 6.07) is 0. The van der Waals surface area contributed by atoms with Gasteiger partial charge in [-0.3, -0.25) is 0 Å². The minimum absolute atomic E-state index is 0.179. The molecule has 0 aromatic heterocycles. The highest BCUT2D eigenvalue weighted by atomic mass is 16.3. The summed E-state index contributed by atoms with van der Waals surface area (Å²) < 4.78 is 0. The minimum atomic E-state index is -0.868. The minimum Gasteiger partial charge on any atom is -0.381 e. The van der Waals surface area contributed by atoms with Crippen molar-refractivity contribution in [3.05, 3.63) is 12.7 Å². The monoisotopic (exact) mass is 127 g/mol. The van der Waals surface area contributed by atoms with E-state index in [0.717, 1.165) is 0 Å². The van der Waals surface area contributed by atoms with Gasteiger partial charge in [0.15, 0.2) is 6.08 Å². The number of aliphatic hydroxyl groups is 1. The van der Waals surface area contributed by atoms with Crippen LogP contribution in [-0.2, 0) is 0 Å². The molecule has 1 unspecified atom stereocenters. The van der Waals surface area contributed by atoms with E-state index in [1.54, 1.807) is 6.92 Å². The van der Waals surface area contributed by atoms with Gasteiger partial charge in [0.1, 0.15) is 5.60 Å². The maximum atomic E-state index is 9.48. The van der Waals surface area contributed by atoms with Crippen molar-refractivity contribution in [3.63, 3.8) is 0 Å². The Morgan fingerprint density at radius 1 is 1.22 bits per heavy atom. The van der Waals surface area contributed by atoms with Crippen LogP contribution >= 0.6 is 0 Å². The van der Waals surface area contributed by atoms with Crippen molar-refractivity contribution >= 4 is 0 Å². The Balaban J connectivity index is 4.32. The molecule has 0 amide bonds. The van der Waals surface area contributed by atoms with Gasteiger partial charge in [-0.1, -0.05) is 20.8 Å². The van der Waals surface area contributed by atoms with Crippen molar-refractivity contribution in [2.24, 2.45) is 5.41 Å². The molecule has 52 valence electrons. The van der Waals surface area contributed by atoms with E-state index < -0.39 is 5.60 Å². The molecule has 0 spiro atoms. The summed E-state index contributed by atoms with van der Waals surface area (Å²) in [5.41, 5.74) is -1.05. The Hall–Kier alpha value is -0.390. The Bertz CT molecular complexity index is 106. The first-order valence-electron chi connectivity index (χ1n) is 3.10. The average molecular weight is 127 g/mol. The highest BCUT2D eigenvalue weighted by Gasteiger charge is 2.35. The maximum Gasteiger partial charge on any atom is 0.204 e. The molecule has 1 atom stereocenters. The van der Waals surface area contributed by atoms with E-state index in [2.05, 4.69) is 0 Å². The molecule has 0 fully saturated rings. The SMILES string of the molecule is [CH+]=CC(C)(O)C(C)(C)C. The molecule has 1 N–H and O–H groups in total. The van der Waals surface area contributed by atoms with Gasteiger partial charge < -0.3 is 5.11 Å².